The van der Waals surface area contributed by atoms with Crippen molar-refractivity contribution in [2.45, 2.75) is 23.9 Å². The first-order valence-electron chi connectivity index (χ1n) is 10.2. The molecule has 0 spiro atoms. The van der Waals surface area contributed by atoms with Crippen molar-refractivity contribution in [2.75, 3.05) is 6.54 Å². The summed E-state index contributed by atoms with van der Waals surface area (Å²) < 4.78 is 21.4. The van der Waals surface area contributed by atoms with Gasteiger partial charge in [-0.3, -0.25) is 4.79 Å². The molecule has 10 heteroatoms. The molecular formula is C23H21FN6O2S. The summed E-state index contributed by atoms with van der Waals surface area (Å²) in [5, 5.41) is 20.1. The van der Waals surface area contributed by atoms with Gasteiger partial charge in [-0.05, 0) is 24.3 Å². The number of thioether (sulfide) groups is 1. The van der Waals surface area contributed by atoms with E-state index in [-0.39, 0.29) is 12.1 Å². The molecular weight excluding hydrogens is 443 g/mol. The highest BCUT2D eigenvalue weighted by molar-refractivity contribution is 7.98. The highest BCUT2D eigenvalue weighted by Crippen LogP contribution is 2.24. The molecule has 1 N–H and O–H groups in total. The normalized spacial score (nSPS) is 10.8. The minimum absolute atomic E-state index is 0.00994. The van der Waals surface area contributed by atoms with E-state index in [9.17, 15) is 9.18 Å². The summed E-state index contributed by atoms with van der Waals surface area (Å²) in [6.07, 6.45) is 2.18. The van der Waals surface area contributed by atoms with Gasteiger partial charge in [0.25, 0.3) is 5.91 Å². The smallest absolute Gasteiger partial charge is 0.254 e. The van der Waals surface area contributed by atoms with Crippen LogP contribution in [0.5, 0.6) is 0 Å². The van der Waals surface area contributed by atoms with Crippen molar-refractivity contribution in [3.05, 3.63) is 90.3 Å². The number of nitrogens with one attached hydrogen (secondary N) is 1. The maximum Gasteiger partial charge on any atom is 0.254 e. The second kappa shape index (κ2) is 10.7. The number of aromatic nitrogens is 5. The van der Waals surface area contributed by atoms with Gasteiger partial charge in [0.1, 0.15) is 11.6 Å². The molecule has 168 valence electrons. The number of hydrogen-bond donors (Lipinski definition) is 1. The number of benzene rings is 2. The molecule has 0 aliphatic carbocycles. The topological polar surface area (TPSA) is 98.7 Å². The Balaban J connectivity index is 1.36. The standard InChI is InChI=1S/C23H21FN6O2S/c1-2-14-30-19(12-13-25-21(31)17-10-6-7-11-18(17)24)26-29-23(30)33-15-20-27-28-22(32-20)16-8-4-3-5-9-16/h2-11H,1,12-15H2,(H,25,31). The lowest BCUT2D eigenvalue weighted by molar-refractivity contribution is 0.0950. The predicted molar refractivity (Wildman–Crippen MR) is 122 cm³/mol. The molecule has 0 fully saturated rings. The van der Waals surface area contributed by atoms with E-state index in [2.05, 4.69) is 32.3 Å². The Morgan fingerprint density at radius 3 is 2.67 bits per heavy atom. The maximum atomic E-state index is 13.8. The summed E-state index contributed by atoms with van der Waals surface area (Å²) in [6.45, 7) is 4.59. The highest BCUT2D eigenvalue weighted by atomic mass is 32.2. The van der Waals surface area contributed by atoms with Crippen LogP contribution in [0.3, 0.4) is 0 Å². The summed E-state index contributed by atoms with van der Waals surface area (Å²) in [5.74, 6) is 1.03. The Kier molecular flexibility index (Phi) is 7.26. The monoisotopic (exact) mass is 464 g/mol. The number of halogens is 1. The van der Waals surface area contributed by atoms with Crippen LogP contribution in [0.15, 0.2) is 76.8 Å². The first-order valence-corrected chi connectivity index (χ1v) is 11.2. The molecule has 0 aliphatic heterocycles. The third-order valence-electron chi connectivity index (χ3n) is 4.67. The Bertz CT molecular complexity index is 1240. The predicted octanol–water partition coefficient (Wildman–Crippen LogP) is 3.92. The number of nitrogens with zero attached hydrogens (tertiary/aromatic N) is 5. The average Bonchev–Trinajstić information content (AvgIpc) is 3.46. The molecule has 33 heavy (non-hydrogen) atoms. The number of rotatable bonds is 10. The van der Waals surface area contributed by atoms with E-state index in [4.69, 9.17) is 4.42 Å². The van der Waals surface area contributed by atoms with Crippen LogP contribution in [0.4, 0.5) is 4.39 Å². The first-order chi connectivity index (χ1) is 16.2. The maximum absolute atomic E-state index is 13.8. The molecule has 1 amide bonds. The van der Waals surface area contributed by atoms with E-state index in [1.54, 1.807) is 18.2 Å². The van der Waals surface area contributed by atoms with E-state index in [0.29, 0.717) is 41.5 Å². The summed E-state index contributed by atoms with van der Waals surface area (Å²) in [4.78, 5) is 12.2. The number of amides is 1. The van der Waals surface area contributed by atoms with Crippen molar-refractivity contribution in [2.24, 2.45) is 0 Å². The molecule has 0 saturated heterocycles. The van der Waals surface area contributed by atoms with Crippen molar-refractivity contribution < 1.29 is 13.6 Å². The molecule has 0 atom stereocenters. The largest absolute Gasteiger partial charge is 0.420 e. The molecule has 8 nitrogen and oxygen atoms in total. The molecule has 4 rings (SSSR count). The lowest BCUT2D eigenvalue weighted by Crippen LogP contribution is -2.27. The van der Waals surface area contributed by atoms with Crippen LogP contribution in [0.1, 0.15) is 22.1 Å². The summed E-state index contributed by atoms with van der Waals surface area (Å²) in [5.41, 5.74) is 0.867. The highest BCUT2D eigenvalue weighted by Gasteiger charge is 2.16. The SMILES string of the molecule is C=CCn1c(CCNC(=O)c2ccccc2F)nnc1SCc1nnc(-c2ccccc2)o1. The summed E-state index contributed by atoms with van der Waals surface area (Å²) >= 11 is 1.42. The van der Waals surface area contributed by atoms with Gasteiger partial charge in [0.15, 0.2) is 5.16 Å². The van der Waals surface area contributed by atoms with Crippen LogP contribution in [0.25, 0.3) is 11.5 Å². The van der Waals surface area contributed by atoms with Crippen molar-refractivity contribution in [3.63, 3.8) is 0 Å². The van der Waals surface area contributed by atoms with Crippen molar-refractivity contribution in [1.82, 2.24) is 30.3 Å². The molecule has 0 aliphatic rings. The minimum Gasteiger partial charge on any atom is -0.420 e. The lowest BCUT2D eigenvalue weighted by atomic mass is 10.2. The zero-order chi connectivity index (χ0) is 23.0. The molecule has 2 aromatic heterocycles. The van der Waals surface area contributed by atoms with Crippen LogP contribution in [-0.2, 0) is 18.7 Å². The fraction of sp³-hybridized carbons (Fsp3) is 0.174. The van der Waals surface area contributed by atoms with E-state index >= 15 is 0 Å². The molecule has 2 aromatic carbocycles. The van der Waals surface area contributed by atoms with Crippen molar-refractivity contribution in [3.8, 4) is 11.5 Å². The van der Waals surface area contributed by atoms with Crippen molar-refractivity contribution >= 4 is 17.7 Å². The van der Waals surface area contributed by atoms with Gasteiger partial charge in [-0.25, -0.2) is 4.39 Å². The lowest BCUT2D eigenvalue weighted by Gasteiger charge is -2.08. The van der Waals surface area contributed by atoms with E-state index in [0.717, 1.165) is 5.56 Å². The van der Waals surface area contributed by atoms with Gasteiger partial charge in [-0.1, -0.05) is 48.2 Å². The van der Waals surface area contributed by atoms with Gasteiger partial charge < -0.3 is 14.3 Å². The average molecular weight is 465 g/mol. The zero-order valence-corrected chi connectivity index (χ0v) is 18.5. The third-order valence-corrected chi connectivity index (χ3v) is 5.62. The number of carbonyl (C=O) groups is 1. The number of hydrogen-bond acceptors (Lipinski definition) is 7. The molecule has 0 bridgehead atoms. The quantitative estimate of drug-likeness (QED) is 0.281. The van der Waals surface area contributed by atoms with Crippen molar-refractivity contribution in [1.29, 1.82) is 0 Å². The van der Waals surface area contributed by atoms with Gasteiger partial charge in [-0.15, -0.1) is 27.0 Å². The van der Waals surface area contributed by atoms with Gasteiger partial charge >= 0.3 is 0 Å². The molecule has 0 radical (unpaired) electrons. The fourth-order valence-corrected chi connectivity index (χ4v) is 3.89. The Labute approximate surface area is 193 Å². The second-order valence-corrected chi connectivity index (χ2v) is 7.88. The first kappa shape index (κ1) is 22.4. The van der Waals surface area contributed by atoms with Crippen LogP contribution in [0.2, 0.25) is 0 Å². The Morgan fingerprint density at radius 2 is 1.88 bits per heavy atom. The van der Waals surface area contributed by atoms with Gasteiger partial charge in [0.05, 0.1) is 11.3 Å². The fourth-order valence-electron chi connectivity index (χ4n) is 3.09. The second-order valence-electron chi connectivity index (χ2n) is 6.94. The van der Waals surface area contributed by atoms with Gasteiger partial charge in [0.2, 0.25) is 11.8 Å². The molecule has 4 aromatic rings. The van der Waals surface area contributed by atoms with E-state index < -0.39 is 11.7 Å². The van der Waals surface area contributed by atoms with Gasteiger partial charge in [0, 0.05) is 25.1 Å². The van der Waals surface area contributed by atoms with Crippen LogP contribution in [-0.4, -0.2) is 37.4 Å². The minimum atomic E-state index is -0.556. The molecule has 0 saturated carbocycles. The Morgan fingerprint density at radius 1 is 1.09 bits per heavy atom. The number of carbonyl (C=O) groups excluding carboxylic acids is 1. The van der Waals surface area contributed by atoms with Crippen LogP contribution in [0, 0.1) is 5.82 Å². The Hall–Kier alpha value is -3.79. The van der Waals surface area contributed by atoms with E-state index in [1.165, 1.54) is 23.9 Å². The van der Waals surface area contributed by atoms with Crippen LogP contribution >= 0.6 is 11.8 Å². The van der Waals surface area contributed by atoms with Crippen LogP contribution < -0.4 is 5.32 Å². The zero-order valence-electron chi connectivity index (χ0n) is 17.6. The van der Waals surface area contributed by atoms with E-state index in [1.807, 2.05) is 34.9 Å². The third kappa shape index (κ3) is 5.53. The number of allylic oxidation sites excluding steroid dienone is 1. The summed E-state index contributed by atoms with van der Waals surface area (Å²) in [7, 11) is 0. The molecule has 2 heterocycles. The molecule has 0 unspecified atom stereocenters. The van der Waals surface area contributed by atoms with Gasteiger partial charge in [-0.2, -0.15) is 0 Å². The summed E-state index contributed by atoms with van der Waals surface area (Å²) in [6, 6.07) is 15.4.